The van der Waals surface area contributed by atoms with Crippen LogP contribution in [0.15, 0.2) is 47.1 Å². The third-order valence-electron chi connectivity index (χ3n) is 5.47. The highest BCUT2D eigenvalue weighted by atomic mass is 19.1. The number of halogens is 1. The first-order valence-corrected chi connectivity index (χ1v) is 10.8. The van der Waals surface area contributed by atoms with Crippen LogP contribution in [-0.2, 0) is 17.8 Å². The Morgan fingerprint density at radius 3 is 2.36 bits per heavy atom. The first kappa shape index (κ1) is 24.0. The second-order valence-corrected chi connectivity index (χ2v) is 7.59. The van der Waals surface area contributed by atoms with Gasteiger partial charge in [-0.2, -0.15) is 0 Å². The second-order valence-electron chi connectivity index (χ2n) is 7.59. The Labute approximate surface area is 191 Å². The summed E-state index contributed by atoms with van der Waals surface area (Å²) in [4.78, 5) is 40.4. The van der Waals surface area contributed by atoms with Gasteiger partial charge in [-0.05, 0) is 63.1 Å². The van der Waals surface area contributed by atoms with Crippen LogP contribution in [0.3, 0.4) is 0 Å². The van der Waals surface area contributed by atoms with Crippen molar-refractivity contribution in [1.82, 2.24) is 9.47 Å². The number of furan rings is 1. The summed E-state index contributed by atoms with van der Waals surface area (Å²) in [6.07, 6.45) is 1.38. The number of ether oxygens (including phenoxy) is 1. The maximum Gasteiger partial charge on any atom is 0.355 e. The van der Waals surface area contributed by atoms with E-state index in [-0.39, 0.29) is 31.2 Å². The van der Waals surface area contributed by atoms with Gasteiger partial charge >= 0.3 is 5.97 Å². The molecule has 0 aliphatic heterocycles. The van der Waals surface area contributed by atoms with Gasteiger partial charge in [0.1, 0.15) is 11.5 Å². The van der Waals surface area contributed by atoms with E-state index < -0.39 is 17.7 Å². The summed E-state index contributed by atoms with van der Waals surface area (Å²) in [7, 11) is 0. The molecule has 7 nitrogen and oxygen atoms in total. The van der Waals surface area contributed by atoms with E-state index in [9.17, 15) is 18.8 Å². The number of esters is 1. The number of rotatable bonds is 9. The van der Waals surface area contributed by atoms with Gasteiger partial charge in [-0.3, -0.25) is 9.59 Å². The molecule has 8 heteroatoms. The van der Waals surface area contributed by atoms with Crippen molar-refractivity contribution in [2.24, 2.45) is 0 Å². The number of amides is 1. The lowest BCUT2D eigenvalue weighted by atomic mass is 10.0. The number of carbonyl (C=O) groups is 3. The van der Waals surface area contributed by atoms with Crippen molar-refractivity contribution in [2.45, 2.75) is 40.8 Å². The highest BCUT2D eigenvalue weighted by molar-refractivity contribution is 6.05. The summed E-state index contributed by atoms with van der Waals surface area (Å²) >= 11 is 0. The van der Waals surface area contributed by atoms with Gasteiger partial charge in [0.25, 0.3) is 5.91 Å². The number of hydrogen-bond acceptors (Lipinski definition) is 5. The lowest BCUT2D eigenvalue weighted by molar-refractivity contribution is 0.0512. The van der Waals surface area contributed by atoms with E-state index in [0.29, 0.717) is 34.6 Å². The van der Waals surface area contributed by atoms with E-state index in [2.05, 4.69) is 0 Å². The smallest absolute Gasteiger partial charge is 0.355 e. The number of Topliss-reactive ketones (excluding diaryl/α,β-unsaturated/α-hetero) is 1. The minimum Gasteiger partial charge on any atom is -0.461 e. The predicted octanol–water partition coefficient (Wildman–Crippen LogP) is 4.56. The average Bonchev–Trinajstić information content (AvgIpc) is 3.40. The molecule has 0 saturated heterocycles. The molecule has 33 heavy (non-hydrogen) atoms. The molecule has 0 radical (unpaired) electrons. The molecule has 1 aromatic carbocycles. The zero-order valence-electron chi connectivity index (χ0n) is 19.2. The van der Waals surface area contributed by atoms with Crippen LogP contribution in [-0.4, -0.2) is 40.3 Å². The molecule has 0 fully saturated rings. The van der Waals surface area contributed by atoms with Gasteiger partial charge in [0.05, 0.1) is 19.4 Å². The number of ketones is 1. The minimum absolute atomic E-state index is 0.0862. The van der Waals surface area contributed by atoms with E-state index in [1.165, 1.54) is 29.4 Å². The fourth-order valence-corrected chi connectivity index (χ4v) is 3.98. The first-order valence-electron chi connectivity index (χ1n) is 10.8. The molecule has 1 amide bonds. The van der Waals surface area contributed by atoms with Crippen molar-refractivity contribution in [3.63, 3.8) is 0 Å². The number of carbonyl (C=O) groups excluding carboxylic acids is 3. The molecule has 0 N–H and O–H groups in total. The third-order valence-corrected chi connectivity index (χ3v) is 5.47. The number of nitrogens with zero attached hydrogens (tertiary/aromatic N) is 2. The lowest BCUT2D eigenvalue weighted by Crippen LogP contribution is -2.35. The Hall–Kier alpha value is -3.68. The van der Waals surface area contributed by atoms with E-state index in [1.54, 1.807) is 43.5 Å². The summed E-state index contributed by atoms with van der Waals surface area (Å²) in [5.74, 6) is -1.57. The fourth-order valence-electron chi connectivity index (χ4n) is 3.98. The summed E-state index contributed by atoms with van der Waals surface area (Å²) in [6, 6.07) is 8.83. The SMILES string of the molecule is CCOC(=O)c1c(C)c(C(=O)CN(Cc2ccc(F)cc2)C(=O)c2ccco2)c(C)n1CC. The molecule has 0 saturated carbocycles. The molecule has 3 aromatic rings. The predicted molar refractivity (Wildman–Crippen MR) is 120 cm³/mol. The quantitative estimate of drug-likeness (QED) is 0.350. The van der Waals surface area contributed by atoms with E-state index in [0.717, 1.165) is 0 Å². The molecule has 0 spiro atoms. The Kier molecular flexibility index (Phi) is 7.48. The molecular weight excluding hydrogens is 427 g/mol. The van der Waals surface area contributed by atoms with Crippen LogP contribution in [0.1, 0.15) is 62.1 Å². The van der Waals surface area contributed by atoms with Crippen LogP contribution in [0.4, 0.5) is 4.39 Å². The van der Waals surface area contributed by atoms with Crippen molar-refractivity contribution in [3.8, 4) is 0 Å². The molecule has 3 rings (SSSR count). The molecule has 0 unspecified atom stereocenters. The maximum atomic E-state index is 13.4. The Morgan fingerprint density at radius 1 is 1.09 bits per heavy atom. The number of benzene rings is 1. The molecule has 2 aromatic heterocycles. The Balaban J connectivity index is 1.96. The van der Waals surface area contributed by atoms with Crippen LogP contribution in [0, 0.1) is 19.7 Å². The lowest BCUT2D eigenvalue weighted by Gasteiger charge is -2.21. The van der Waals surface area contributed by atoms with Crippen LogP contribution >= 0.6 is 0 Å². The van der Waals surface area contributed by atoms with Crippen molar-refractivity contribution in [2.75, 3.05) is 13.2 Å². The highest BCUT2D eigenvalue weighted by Crippen LogP contribution is 2.25. The Morgan fingerprint density at radius 2 is 1.79 bits per heavy atom. The zero-order chi connectivity index (χ0) is 24.1. The van der Waals surface area contributed by atoms with Crippen molar-refractivity contribution < 1.29 is 27.9 Å². The van der Waals surface area contributed by atoms with E-state index >= 15 is 0 Å². The monoisotopic (exact) mass is 454 g/mol. The normalized spacial score (nSPS) is 10.8. The van der Waals surface area contributed by atoms with Gasteiger partial charge in [0.15, 0.2) is 11.5 Å². The molecule has 174 valence electrons. The van der Waals surface area contributed by atoms with E-state index in [4.69, 9.17) is 9.15 Å². The standard InChI is InChI=1S/C25H27FN2O5/c1-5-28-17(4)22(16(3)23(28)25(31)32-6-2)20(29)15-27(24(30)21-8-7-13-33-21)14-18-9-11-19(26)12-10-18/h7-13H,5-6,14-15H2,1-4H3. The number of aromatic nitrogens is 1. The van der Waals surface area contributed by atoms with Crippen molar-refractivity contribution >= 4 is 17.7 Å². The summed E-state index contributed by atoms with van der Waals surface area (Å²) < 4.78 is 25.5. The second kappa shape index (κ2) is 10.3. The Bertz CT molecular complexity index is 1150. The zero-order valence-corrected chi connectivity index (χ0v) is 19.2. The van der Waals surface area contributed by atoms with Crippen molar-refractivity contribution in [3.05, 3.63) is 82.3 Å². The van der Waals surface area contributed by atoms with Gasteiger partial charge in [-0.25, -0.2) is 9.18 Å². The van der Waals surface area contributed by atoms with Crippen LogP contribution in [0.25, 0.3) is 0 Å². The van der Waals surface area contributed by atoms with Gasteiger partial charge in [0, 0.05) is 24.3 Å². The third kappa shape index (κ3) is 5.05. The van der Waals surface area contributed by atoms with Gasteiger partial charge in [-0.15, -0.1) is 0 Å². The molecule has 2 heterocycles. The van der Waals surface area contributed by atoms with Gasteiger partial charge < -0.3 is 18.6 Å². The molecule has 0 atom stereocenters. The molecule has 0 aliphatic carbocycles. The van der Waals surface area contributed by atoms with E-state index in [1.807, 2.05) is 6.92 Å². The van der Waals surface area contributed by atoms with Crippen LogP contribution in [0.5, 0.6) is 0 Å². The van der Waals surface area contributed by atoms with Crippen molar-refractivity contribution in [1.29, 1.82) is 0 Å². The average molecular weight is 454 g/mol. The van der Waals surface area contributed by atoms with Gasteiger partial charge in [0.2, 0.25) is 0 Å². The minimum atomic E-state index is -0.492. The molecular formula is C25H27FN2O5. The van der Waals surface area contributed by atoms with Gasteiger partial charge in [-0.1, -0.05) is 12.1 Å². The molecule has 0 bridgehead atoms. The topological polar surface area (TPSA) is 81.8 Å². The summed E-state index contributed by atoms with van der Waals surface area (Å²) in [6.45, 7) is 7.63. The largest absolute Gasteiger partial charge is 0.461 e. The summed E-state index contributed by atoms with van der Waals surface area (Å²) in [5, 5.41) is 0. The van der Waals surface area contributed by atoms with Crippen LogP contribution in [0.2, 0.25) is 0 Å². The number of hydrogen-bond donors (Lipinski definition) is 0. The summed E-state index contributed by atoms with van der Waals surface area (Å²) in [5.41, 5.74) is 2.54. The first-order chi connectivity index (χ1) is 15.8. The molecule has 0 aliphatic rings. The maximum absolute atomic E-state index is 13.4. The fraction of sp³-hybridized carbons (Fsp3) is 0.320. The van der Waals surface area contributed by atoms with Crippen LogP contribution < -0.4 is 0 Å². The highest BCUT2D eigenvalue weighted by Gasteiger charge is 2.29.